The second-order valence-corrected chi connectivity index (χ2v) is 15.0. The van der Waals surface area contributed by atoms with Gasteiger partial charge in [-0.05, 0) is 84.4 Å². The van der Waals surface area contributed by atoms with Crippen molar-refractivity contribution in [3.8, 4) is 0 Å². The van der Waals surface area contributed by atoms with E-state index in [0.29, 0.717) is 41.4 Å². The number of ether oxygens (including phenoxy) is 1. The third kappa shape index (κ3) is 4.46. The Kier molecular flexibility index (Phi) is 8.88. The predicted octanol–water partition coefficient (Wildman–Crippen LogP) is 8.45. The molecule has 0 spiro atoms. The van der Waals surface area contributed by atoms with Crippen LogP contribution in [0.3, 0.4) is 0 Å². The molecule has 0 aromatic carbocycles. The second kappa shape index (κ2) is 10.7. The van der Waals surface area contributed by atoms with Crippen molar-refractivity contribution >= 4 is 6.09 Å². The van der Waals surface area contributed by atoms with Crippen LogP contribution in [0.5, 0.6) is 0 Å². The third-order valence-electron chi connectivity index (χ3n) is 13.8. The van der Waals surface area contributed by atoms with Gasteiger partial charge in [-0.2, -0.15) is 0 Å². The van der Waals surface area contributed by atoms with Gasteiger partial charge in [0.05, 0.1) is 7.11 Å². The summed E-state index contributed by atoms with van der Waals surface area (Å²) in [6, 6.07) is -0.206. The molecule has 13 atom stereocenters. The van der Waals surface area contributed by atoms with Crippen LogP contribution in [0.2, 0.25) is 0 Å². The first kappa shape index (κ1) is 31.5. The van der Waals surface area contributed by atoms with Crippen molar-refractivity contribution in [1.82, 2.24) is 5.32 Å². The lowest BCUT2D eigenvalue weighted by atomic mass is 9.37. The predicted molar refractivity (Wildman–Crippen MR) is 156 cm³/mol. The van der Waals surface area contributed by atoms with E-state index in [0.717, 1.165) is 6.42 Å². The molecule has 5 nitrogen and oxygen atoms in total. The molecule has 0 aliphatic heterocycles. The monoisotopic (exact) mass is 533 g/mol. The second-order valence-electron chi connectivity index (χ2n) is 15.0. The highest BCUT2D eigenvalue weighted by atomic mass is 17.1. The van der Waals surface area contributed by atoms with Gasteiger partial charge in [-0.15, -0.1) is 0 Å². The van der Waals surface area contributed by atoms with Crippen LogP contribution in [-0.4, -0.2) is 30.6 Å². The Morgan fingerprint density at radius 3 is 2.13 bits per heavy atom. The Hall–Kier alpha value is -1.07. The molecule has 3 aliphatic carbocycles. The molecule has 3 rings (SSSR count). The number of fused-ring (bicyclic) bond motifs is 3. The molecule has 0 aromatic heterocycles. The Balaban J connectivity index is 2.21. The molecular weight excluding hydrogens is 474 g/mol. The van der Waals surface area contributed by atoms with Crippen LogP contribution < -0.4 is 5.32 Å². The maximum Gasteiger partial charge on any atom is 0.407 e. The van der Waals surface area contributed by atoms with Crippen molar-refractivity contribution in [1.29, 1.82) is 0 Å². The minimum absolute atomic E-state index is 0.0186. The molecule has 1 amide bonds. The van der Waals surface area contributed by atoms with Gasteiger partial charge in [-0.25, -0.2) is 9.68 Å². The van der Waals surface area contributed by atoms with E-state index in [1.54, 1.807) is 5.57 Å². The van der Waals surface area contributed by atoms with Crippen molar-refractivity contribution in [2.24, 2.45) is 69.5 Å². The molecule has 0 aromatic rings. The summed E-state index contributed by atoms with van der Waals surface area (Å²) in [5.74, 6) is 4.12. The SMILES string of the molecule is COC(=O)NC(C)C(C)[C@@H](OO)C1CC2(C)C(C)C3C(C)C(C)CC(C)[C@@]3(C)C(C)C(C)C(=C1C)C2(C)C. The van der Waals surface area contributed by atoms with E-state index < -0.39 is 12.2 Å². The van der Waals surface area contributed by atoms with Crippen LogP contribution in [-0.2, 0) is 9.62 Å². The van der Waals surface area contributed by atoms with Crippen LogP contribution >= 0.6 is 0 Å². The van der Waals surface area contributed by atoms with Gasteiger partial charge >= 0.3 is 6.09 Å². The first-order valence-electron chi connectivity index (χ1n) is 15.3. The Labute approximate surface area is 233 Å². The van der Waals surface area contributed by atoms with Gasteiger partial charge < -0.3 is 10.1 Å². The zero-order valence-electron chi connectivity index (χ0n) is 26.9. The highest BCUT2D eigenvalue weighted by molar-refractivity contribution is 5.67. The molecular formula is C33H59NO4. The number of rotatable bonds is 5. The lowest BCUT2D eigenvalue weighted by Crippen LogP contribution is -2.62. The summed E-state index contributed by atoms with van der Waals surface area (Å²) in [6.07, 6.45) is 1.39. The highest BCUT2D eigenvalue weighted by Gasteiger charge is 2.64. The largest absolute Gasteiger partial charge is 0.453 e. The van der Waals surface area contributed by atoms with E-state index in [9.17, 15) is 10.1 Å². The number of carbonyl (C=O) groups is 1. The summed E-state index contributed by atoms with van der Waals surface area (Å²) in [6.45, 7) is 31.5. The first-order chi connectivity index (χ1) is 17.4. The molecule has 2 fully saturated rings. The van der Waals surface area contributed by atoms with Crippen molar-refractivity contribution in [3.05, 3.63) is 11.1 Å². The molecule has 0 saturated heterocycles. The molecule has 38 heavy (non-hydrogen) atoms. The van der Waals surface area contributed by atoms with Crippen LogP contribution in [0.1, 0.15) is 103 Å². The van der Waals surface area contributed by atoms with E-state index >= 15 is 0 Å². The topological polar surface area (TPSA) is 67.8 Å². The van der Waals surface area contributed by atoms with E-state index in [-0.39, 0.29) is 34.1 Å². The summed E-state index contributed by atoms with van der Waals surface area (Å²) in [7, 11) is 1.38. The van der Waals surface area contributed by atoms with Gasteiger partial charge in [0.25, 0.3) is 0 Å². The number of hydrogen-bond acceptors (Lipinski definition) is 4. The van der Waals surface area contributed by atoms with Crippen LogP contribution in [0.15, 0.2) is 11.1 Å². The van der Waals surface area contributed by atoms with Crippen LogP contribution in [0, 0.1) is 69.5 Å². The van der Waals surface area contributed by atoms with Crippen LogP contribution in [0.4, 0.5) is 4.79 Å². The lowest BCUT2D eigenvalue weighted by Gasteiger charge is -2.68. The zero-order valence-corrected chi connectivity index (χ0v) is 26.9. The maximum absolute atomic E-state index is 12.0. The lowest BCUT2D eigenvalue weighted by molar-refractivity contribution is -0.304. The number of hydrogen-bond donors (Lipinski definition) is 2. The maximum atomic E-state index is 12.0. The van der Waals surface area contributed by atoms with Crippen molar-refractivity contribution in [2.45, 2.75) is 115 Å². The fourth-order valence-corrected chi connectivity index (χ4v) is 10.3. The molecule has 3 aliphatic rings. The molecule has 5 heteroatoms. The summed E-state index contributed by atoms with van der Waals surface area (Å²) in [5, 5.41) is 13.3. The van der Waals surface area contributed by atoms with Gasteiger partial charge in [0.15, 0.2) is 0 Å². The fraction of sp³-hybridized carbons (Fsp3) is 0.909. The average Bonchev–Trinajstić information content (AvgIpc) is 2.84. The Bertz CT molecular complexity index is 913. The summed E-state index contributed by atoms with van der Waals surface area (Å²) in [4.78, 5) is 17.3. The average molecular weight is 534 g/mol. The molecule has 220 valence electrons. The summed E-state index contributed by atoms with van der Waals surface area (Å²) in [5.41, 5.74) is 3.25. The minimum atomic E-state index is -0.456. The van der Waals surface area contributed by atoms with Crippen molar-refractivity contribution in [3.63, 3.8) is 0 Å². The van der Waals surface area contributed by atoms with Crippen molar-refractivity contribution < 1.29 is 19.7 Å². The molecule has 0 radical (unpaired) electrons. The van der Waals surface area contributed by atoms with E-state index in [4.69, 9.17) is 9.62 Å². The number of methoxy groups -OCH3 is 1. The number of alkyl carbamates (subject to hydrolysis) is 1. The van der Waals surface area contributed by atoms with Gasteiger partial charge in [0.1, 0.15) is 6.10 Å². The van der Waals surface area contributed by atoms with Gasteiger partial charge in [-0.3, -0.25) is 5.26 Å². The summed E-state index contributed by atoms with van der Waals surface area (Å²) < 4.78 is 4.85. The molecule has 2 bridgehead atoms. The Morgan fingerprint density at radius 2 is 1.61 bits per heavy atom. The minimum Gasteiger partial charge on any atom is -0.453 e. The Morgan fingerprint density at radius 1 is 1.03 bits per heavy atom. The zero-order chi connectivity index (χ0) is 29.1. The van der Waals surface area contributed by atoms with E-state index in [2.05, 4.69) is 88.4 Å². The van der Waals surface area contributed by atoms with Crippen LogP contribution in [0.25, 0.3) is 0 Å². The number of carbonyl (C=O) groups excluding carboxylic acids is 1. The molecule has 11 unspecified atom stereocenters. The normalized spacial score (nSPS) is 45.2. The molecule has 0 heterocycles. The highest BCUT2D eigenvalue weighted by Crippen LogP contribution is 2.70. The smallest absolute Gasteiger partial charge is 0.407 e. The van der Waals surface area contributed by atoms with E-state index in [1.165, 1.54) is 19.1 Å². The quantitative estimate of drug-likeness (QED) is 0.211. The van der Waals surface area contributed by atoms with Gasteiger partial charge in [-0.1, -0.05) is 87.3 Å². The number of nitrogens with one attached hydrogen (secondary N) is 1. The van der Waals surface area contributed by atoms with E-state index in [1.807, 2.05) is 6.92 Å². The molecule has 2 N–H and O–H groups in total. The molecule has 2 saturated carbocycles. The first-order valence-corrected chi connectivity index (χ1v) is 15.3. The fourth-order valence-electron chi connectivity index (χ4n) is 10.3. The summed E-state index contributed by atoms with van der Waals surface area (Å²) >= 11 is 0. The third-order valence-corrected chi connectivity index (χ3v) is 13.8. The van der Waals surface area contributed by atoms with Gasteiger partial charge in [0, 0.05) is 17.9 Å². The number of allylic oxidation sites excluding steroid dienone is 1. The number of amides is 1. The standard InChI is InChI=1S/C33H59NO4/c1-17-15-18(2)33(13)23(7)20(4)27-22(6)26(29(38-36)21(5)25(9)34-30(35)37-14)16-32(12,31(27,10)11)24(8)28(33)19(17)3/h17-21,23-26,28-29,36H,15-16H2,1-14H3,(H,34,35)/t17?,18?,19?,20?,21?,23?,24?,25?,26?,28?,29-,32?,33+/m1/s1. The van der Waals surface area contributed by atoms with Crippen molar-refractivity contribution in [2.75, 3.05) is 7.11 Å². The van der Waals surface area contributed by atoms with Gasteiger partial charge in [0.2, 0.25) is 0 Å².